The fourth-order valence-electron chi connectivity index (χ4n) is 0.955. The highest BCUT2D eigenvalue weighted by Gasteiger charge is 1.99. The van der Waals surface area contributed by atoms with Crippen molar-refractivity contribution in [2.45, 2.75) is 31.3 Å². The summed E-state index contributed by atoms with van der Waals surface area (Å²) in [6, 6.07) is 1.58. The van der Waals surface area contributed by atoms with E-state index >= 15 is 0 Å². The van der Waals surface area contributed by atoms with Gasteiger partial charge in [-0.15, -0.1) is 12.6 Å². The monoisotopic (exact) mass is 184 g/mol. The van der Waals surface area contributed by atoms with Gasteiger partial charge in [-0.2, -0.15) is 4.98 Å². The van der Waals surface area contributed by atoms with E-state index in [1.54, 1.807) is 6.07 Å². The molecule has 0 aliphatic rings. The lowest BCUT2D eigenvalue weighted by Crippen LogP contribution is -1.92. The summed E-state index contributed by atoms with van der Waals surface area (Å²) in [5, 5.41) is 9.43. The van der Waals surface area contributed by atoms with Crippen LogP contribution in [0.1, 0.15) is 25.5 Å². The van der Waals surface area contributed by atoms with Crippen LogP contribution in [0, 0.1) is 0 Å². The molecule has 1 aromatic heterocycles. The first-order chi connectivity index (χ1) is 5.72. The molecule has 0 unspecified atom stereocenters. The smallest absolute Gasteiger partial charge is 0.215 e. The molecule has 0 saturated heterocycles. The minimum Gasteiger partial charge on any atom is -0.493 e. The number of aryl methyl sites for hydroxylation is 1. The lowest BCUT2D eigenvalue weighted by molar-refractivity contribution is 0.443. The maximum atomic E-state index is 9.09. The van der Waals surface area contributed by atoms with Crippen molar-refractivity contribution >= 4 is 12.6 Å². The second-order valence-corrected chi connectivity index (χ2v) is 3.02. The maximum Gasteiger partial charge on any atom is 0.215 e. The minimum absolute atomic E-state index is 0.00102. The molecule has 0 radical (unpaired) electrons. The van der Waals surface area contributed by atoms with Gasteiger partial charge in [-0.1, -0.05) is 13.3 Å². The van der Waals surface area contributed by atoms with Gasteiger partial charge in [-0.3, -0.25) is 0 Å². The standard InChI is InChI=1S/C8H12N2OS/c1-2-3-4-6-5-7(11)10-8(12)9-6/h5H,2-4H2,1H3,(H2,9,10,11,12). The molecule has 0 aliphatic carbocycles. The molecular weight excluding hydrogens is 172 g/mol. The van der Waals surface area contributed by atoms with Gasteiger partial charge in [0, 0.05) is 11.8 Å². The predicted molar refractivity (Wildman–Crippen MR) is 49.6 cm³/mol. The Kier molecular flexibility index (Phi) is 3.34. The van der Waals surface area contributed by atoms with Gasteiger partial charge in [-0.25, -0.2) is 4.98 Å². The Morgan fingerprint density at radius 1 is 1.50 bits per heavy atom. The van der Waals surface area contributed by atoms with Gasteiger partial charge in [0.05, 0.1) is 0 Å². The number of hydrogen-bond acceptors (Lipinski definition) is 4. The van der Waals surface area contributed by atoms with Crippen molar-refractivity contribution < 1.29 is 5.11 Å². The Bertz CT molecular complexity index is 245. The second-order valence-electron chi connectivity index (χ2n) is 2.62. The quantitative estimate of drug-likeness (QED) is 0.556. The Labute approximate surface area is 77.3 Å². The molecule has 1 N–H and O–H groups in total. The van der Waals surface area contributed by atoms with Crippen molar-refractivity contribution in [1.82, 2.24) is 9.97 Å². The van der Waals surface area contributed by atoms with E-state index in [1.807, 2.05) is 0 Å². The van der Waals surface area contributed by atoms with Crippen molar-refractivity contribution in [3.05, 3.63) is 11.8 Å². The molecule has 0 saturated carbocycles. The summed E-state index contributed by atoms with van der Waals surface area (Å²) < 4.78 is 0. The highest BCUT2D eigenvalue weighted by atomic mass is 32.1. The molecule has 66 valence electrons. The molecule has 0 aromatic carbocycles. The zero-order chi connectivity index (χ0) is 8.97. The Morgan fingerprint density at radius 3 is 2.83 bits per heavy atom. The van der Waals surface area contributed by atoms with Gasteiger partial charge in [-0.05, 0) is 12.8 Å². The lowest BCUT2D eigenvalue weighted by atomic mass is 10.2. The summed E-state index contributed by atoms with van der Waals surface area (Å²) in [4.78, 5) is 7.72. The Hall–Kier alpha value is -0.770. The number of unbranched alkanes of at least 4 members (excludes halogenated alkanes) is 1. The molecule has 0 amide bonds. The van der Waals surface area contributed by atoms with Crippen LogP contribution in [0.2, 0.25) is 0 Å². The average molecular weight is 184 g/mol. The molecule has 1 heterocycles. The number of nitrogens with zero attached hydrogens (tertiary/aromatic N) is 2. The maximum absolute atomic E-state index is 9.09. The van der Waals surface area contributed by atoms with E-state index in [4.69, 9.17) is 5.11 Å². The first-order valence-electron chi connectivity index (χ1n) is 3.98. The van der Waals surface area contributed by atoms with Crippen LogP contribution in [0.3, 0.4) is 0 Å². The molecule has 0 atom stereocenters. The van der Waals surface area contributed by atoms with Crippen LogP contribution in [0.25, 0.3) is 0 Å². The van der Waals surface area contributed by atoms with Crippen LogP contribution in [0.15, 0.2) is 11.2 Å². The van der Waals surface area contributed by atoms with E-state index in [-0.39, 0.29) is 5.88 Å². The van der Waals surface area contributed by atoms with E-state index in [0.29, 0.717) is 5.16 Å². The minimum atomic E-state index is 0.00102. The first-order valence-corrected chi connectivity index (χ1v) is 4.43. The van der Waals surface area contributed by atoms with E-state index in [0.717, 1.165) is 25.0 Å². The summed E-state index contributed by atoms with van der Waals surface area (Å²) in [6.07, 6.45) is 3.07. The molecule has 0 aliphatic heterocycles. The SMILES string of the molecule is CCCCc1cc(O)nc(S)n1. The van der Waals surface area contributed by atoms with E-state index < -0.39 is 0 Å². The van der Waals surface area contributed by atoms with E-state index in [9.17, 15) is 0 Å². The van der Waals surface area contributed by atoms with Crippen molar-refractivity contribution in [2.24, 2.45) is 0 Å². The molecule has 1 rings (SSSR count). The highest BCUT2D eigenvalue weighted by Crippen LogP contribution is 2.11. The summed E-state index contributed by atoms with van der Waals surface area (Å²) in [5.74, 6) is 0.00102. The van der Waals surface area contributed by atoms with Gasteiger partial charge < -0.3 is 5.11 Å². The topological polar surface area (TPSA) is 46.0 Å². The molecule has 0 spiro atoms. The highest BCUT2D eigenvalue weighted by molar-refractivity contribution is 7.80. The average Bonchev–Trinajstić information content (AvgIpc) is 1.99. The zero-order valence-corrected chi connectivity index (χ0v) is 7.88. The summed E-state index contributed by atoms with van der Waals surface area (Å²) in [6.45, 7) is 2.11. The summed E-state index contributed by atoms with van der Waals surface area (Å²) in [7, 11) is 0. The van der Waals surface area contributed by atoms with Crippen molar-refractivity contribution in [3.8, 4) is 5.88 Å². The largest absolute Gasteiger partial charge is 0.493 e. The van der Waals surface area contributed by atoms with Crippen LogP contribution in [-0.4, -0.2) is 15.1 Å². The third kappa shape index (κ3) is 2.70. The van der Waals surface area contributed by atoms with Gasteiger partial charge in [0.2, 0.25) is 5.88 Å². The van der Waals surface area contributed by atoms with E-state index in [1.165, 1.54) is 0 Å². The summed E-state index contributed by atoms with van der Waals surface area (Å²) in [5.41, 5.74) is 0.856. The number of hydrogen-bond donors (Lipinski definition) is 2. The van der Waals surface area contributed by atoms with Gasteiger partial charge in [0.1, 0.15) is 0 Å². The molecular formula is C8H12N2OS. The number of aromatic hydroxyl groups is 1. The van der Waals surface area contributed by atoms with Crippen LogP contribution in [0.4, 0.5) is 0 Å². The molecule has 0 bridgehead atoms. The third-order valence-electron chi connectivity index (χ3n) is 1.54. The fraction of sp³-hybridized carbons (Fsp3) is 0.500. The predicted octanol–water partition coefficient (Wildman–Crippen LogP) is 1.81. The zero-order valence-electron chi connectivity index (χ0n) is 6.99. The normalized spacial score (nSPS) is 10.2. The molecule has 0 fully saturated rings. The van der Waals surface area contributed by atoms with E-state index in [2.05, 4.69) is 29.5 Å². The number of thiol groups is 1. The van der Waals surface area contributed by atoms with Gasteiger partial charge in [0.25, 0.3) is 0 Å². The third-order valence-corrected chi connectivity index (χ3v) is 1.74. The fourth-order valence-corrected chi connectivity index (χ4v) is 1.19. The molecule has 3 nitrogen and oxygen atoms in total. The molecule has 1 aromatic rings. The van der Waals surface area contributed by atoms with Crippen molar-refractivity contribution in [3.63, 3.8) is 0 Å². The molecule has 4 heteroatoms. The van der Waals surface area contributed by atoms with Crippen LogP contribution < -0.4 is 0 Å². The number of aromatic nitrogens is 2. The second kappa shape index (κ2) is 4.30. The molecule has 12 heavy (non-hydrogen) atoms. The van der Waals surface area contributed by atoms with Gasteiger partial charge in [0.15, 0.2) is 5.16 Å². The van der Waals surface area contributed by atoms with Crippen LogP contribution in [-0.2, 0) is 6.42 Å². The number of rotatable bonds is 3. The Balaban J connectivity index is 2.72. The van der Waals surface area contributed by atoms with Crippen LogP contribution >= 0.6 is 12.6 Å². The Morgan fingerprint density at radius 2 is 2.25 bits per heavy atom. The first kappa shape index (κ1) is 9.32. The lowest BCUT2D eigenvalue weighted by Gasteiger charge is -1.99. The van der Waals surface area contributed by atoms with Crippen molar-refractivity contribution in [1.29, 1.82) is 0 Å². The summed E-state index contributed by atoms with van der Waals surface area (Å²) >= 11 is 3.96. The van der Waals surface area contributed by atoms with Crippen molar-refractivity contribution in [2.75, 3.05) is 0 Å². The van der Waals surface area contributed by atoms with Gasteiger partial charge >= 0.3 is 0 Å². The van der Waals surface area contributed by atoms with Crippen LogP contribution in [0.5, 0.6) is 5.88 Å².